The van der Waals surface area contributed by atoms with Crippen molar-refractivity contribution in [1.82, 2.24) is 0 Å². The van der Waals surface area contributed by atoms with Crippen molar-refractivity contribution in [2.45, 2.75) is 19.9 Å². The van der Waals surface area contributed by atoms with Gasteiger partial charge in [-0.15, -0.1) is 0 Å². The van der Waals surface area contributed by atoms with Gasteiger partial charge < -0.3 is 19.3 Å². The monoisotopic (exact) mass is 347 g/mol. The summed E-state index contributed by atoms with van der Waals surface area (Å²) < 4.78 is 14.8. The van der Waals surface area contributed by atoms with E-state index in [1.54, 1.807) is 32.0 Å². The molecule has 0 fully saturated rings. The molecule has 0 saturated carbocycles. The number of aliphatic imine (C=N–C) groups is 1. The number of dihydropyridines is 1. The van der Waals surface area contributed by atoms with Crippen LogP contribution in [-0.2, 0) is 19.1 Å². The van der Waals surface area contributed by atoms with Gasteiger partial charge in [0, 0.05) is 11.3 Å². The van der Waals surface area contributed by atoms with Crippen molar-refractivity contribution in [3.8, 4) is 11.5 Å². The van der Waals surface area contributed by atoms with E-state index < -0.39 is 23.9 Å². The lowest BCUT2D eigenvalue weighted by molar-refractivity contribution is -0.144. The van der Waals surface area contributed by atoms with E-state index in [1.165, 1.54) is 21.3 Å². The minimum Gasteiger partial charge on any atom is -0.504 e. The molecule has 25 heavy (non-hydrogen) atoms. The van der Waals surface area contributed by atoms with Crippen molar-refractivity contribution in [1.29, 1.82) is 0 Å². The molecule has 0 aromatic heterocycles. The predicted molar refractivity (Wildman–Crippen MR) is 90.7 cm³/mol. The minimum absolute atomic E-state index is 0.102. The maximum atomic E-state index is 12.4. The van der Waals surface area contributed by atoms with Gasteiger partial charge in [-0.2, -0.15) is 0 Å². The van der Waals surface area contributed by atoms with E-state index in [-0.39, 0.29) is 17.1 Å². The number of hydrogen-bond donors (Lipinski definition) is 1. The van der Waals surface area contributed by atoms with Crippen molar-refractivity contribution in [2.75, 3.05) is 21.3 Å². The molecule has 2 atom stereocenters. The highest BCUT2D eigenvalue weighted by Gasteiger charge is 2.40. The molecule has 0 radical (unpaired) electrons. The first-order valence-corrected chi connectivity index (χ1v) is 7.64. The Balaban J connectivity index is 2.65. The van der Waals surface area contributed by atoms with Gasteiger partial charge in [0.25, 0.3) is 0 Å². The molecule has 7 heteroatoms. The van der Waals surface area contributed by atoms with E-state index in [0.29, 0.717) is 16.8 Å². The van der Waals surface area contributed by atoms with Crippen molar-refractivity contribution >= 4 is 17.7 Å². The first-order chi connectivity index (χ1) is 11.9. The molecule has 2 unspecified atom stereocenters. The van der Waals surface area contributed by atoms with Gasteiger partial charge in [-0.05, 0) is 25.5 Å². The Kier molecular flexibility index (Phi) is 5.46. The Bertz CT molecular complexity index is 765. The first kappa shape index (κ1) is 18.5. The van der Waals surface area contributed by atoms with Crippen molar-refractivity contribution in [2.24, 2.45) is 10.9 Å². The number of phenolic OH excluding ortho intramolecular Hbond substituents is 1. The second-order valence-corrected chi connectivity index (χ2v) is 5.61. The molecule has 0 aliphatic carbocycles. The lowest BCUT2D eigenvalue weighted by Crippen LogP contribution is -2.32. The van der Waals surface area contributed by atoms with E-state index in [2.05, 4.69) is 4.99 Å². The molecule has 1 aromatic carbocycles. The van der Waals surface area contributed by atoms with Crippen LogP contribution >= 0.6 is 0 Å². The number of nitrogens with zero attached hydrogens (tertiary/aromatic N) is 1. The molecular formula is C18H21NO6. The fourth-order valence-electron chi connectivity index (χ4n) is 3.06. The van der Waals surface area contributed by atoms with Crippen molar-refractivity contribution < 1.29 is 28.9 Å². The summed E-state index contributed by atoms with van der Waals surface area (Å²) in [6.07, 6.45) is 0. The van der Waals surface area contributed by atoms with Crippen LogP contribution in [0.4, 0.5) is 0 Å². The Labute approximate surface area is 145 Å². The number of benzene rings is 1. The van der Waals surface area contributed by atoms with Crippen molar-refractivity contribution in [3.63, 3.8) is 0 Å². The lowest BCUT2D eigenvalue weighted by Gasteiger charge is -2.30. The molecular weight excluding hydrogens is 326 g/mol. The predicted octanol–water partition coefficient (Wildman–Crippen LogP) is 2.20. The quantitative estimate of drug-likeness (QED) is 0.839. The summed E-state index contributed by atoms with van der Waals surface area (Å²) in [6.45, 7) is 3.32. The van der Waals surface area contributed by atoms with Crippen LogP contribution in [0.1, 0.15) is 25.5 Å². The summed E-state index contributed by atoms with van der Waals surface area (Å²) in [5.41, 5.74) is 1.57. The number of phenols is 1. The fourth-order valence-corrected chi connectivity index (χ4v) is 3.06. The zero-order valence-corrected chi connectivity index (χ0v) is 14.8. The summed E-state index contributed by atoms with van der Waals surface area (Å²) in [7, 11) is 3.97. The fraction of sp³-hybridized carbons (Fsp3) is 0.389. The molecule has 1 aliphatic rings. The topological polar surface area (TPSA) is 94.4 Å². The second kappa shape index (κ2) is 7.38. The molecule has 7 nitrogen and oxygen atoms in total. The summed E-state index contributed by atoms with van der Waals surface area (Å²) in [5, 5.41) is 10.5. The lowest BCUT2D eigenvalue weighted by atomic mass is 9.81. The maximum absolute atomic E-state index is 12.4. The van der Waals surface area contributed by atoms with Crippen LogP contribution in [0.25, 0.3) is 0 Å². The molecule has 1 aliphatic heterocycles. The number of rotatable bonds is 4. The summed E-state index contributed by atoms with van der Waals surface area (Å²) in [6, 6.07) is 4.22. The zero-order valence-electron chi connectivity index (χ0n) is 14.8. The van der Waals surface area contributed by atoms with E-state index >= 15 is 0 Å². The molecule has 1 N–H and O–H groups in total. The van der Waals surface area contributed by atoms with Crippen LogP contribution in [0.15, 0.2) is 34.3 Å². The van der Waals surface area contributed by atoms with E-state index in [0.717, 1.165) is 0 Å². The molecule has 0 spiro atoms. The Morgan fingerprint density at radius 2 is 1.80 bits per heavy atom. The van der Waals surface area contributed by atoms with Crippen LogP contribution in [0, 0.1) is 5.92 Å². The highest BCUT2D eigenvalue weighted by atomic mass is 16.5. The van der Waals surface area contributed by atoms with Crippen LogP contribution in [0.2, 0.25) is 0 Å². The third-order valence-electron chi connectivity index (χ3n) is 4.28. The number of para-hydroxylation sites is 1. The second-order valence-electron chi connectivity index (χ2n) is 5.61. The van der Waals surface area contributed by atoms with E-state index in [9.17, 15) is 14.7 Å². The third-order valence-corrected chi connectivity index (χ3v) is 4.28. The van der Waals surface area contributed by atoms with Gasteiger partial charge in [0.05, 0.1) is 32.9 Å². The highest BCUT2D eigenvalue weighted by molar-refractivity contribution is 6.20. The van der Waals surface area contributed by atoms with E-state index in [4.69, 9.17) is 14.2 Å². The Morgan fingerprint density at radius 1 is 1.12 bits per heavy atom. The van der Waals surface area contributed by atoms with Gasteiger partial charge in [-0.3, -0.25) is 9.79 Å². The largest absolute Gasteiger partial charge is 0.504 e. The summed E-state index contributed by atoms with van der Waals surface area (Å²) in [5.74, 6) is -1.81. The molecule has 0 amide bonds. The Morgan fingerprint density at radius 3 is 2.36 bits per heavy atom. The Hall–Kier alpha value is -2.83. The molecule has 1 aromatic rings. The average Bonchev–Trinajstić information content (AvgIpc) is 2.60. The van der Waals surface area contributed by atoms with Gasteiger partial charge >= 0.3 is 11.9 Å². The minimum atomic E-state index is -0.860. The third kappa shape index (κ3) is 3.22. The van der Waals surface area contributed by atoms with Crippen LogP contribution in [0.3, 0.4) is 0 Å². The summed E-state index contributed by atoms with van der Waals surface area (Å²) >= 11 is 0. The number of aromatic hydroxyl groups is 1. The van der Waals surface area contributed by atoms with Crippen LogP contribution in [-0.4, -0.2) is 44.1 Å². The van der Waals surface area contributed by atoms with Crippen LogP contribution in [0.5, 0.6) is 11.5 Å². The molecule has 2 rings (SSSR count). The number of ether oxygens (including phenoxy) is 3. The van der Waals surface area contributed by atoms with E-state index in [1.807, 2.05) is 0 Å². The average molecular weight is 347 g/mol. The number of carbonyl (C=O) groups excluding carboxylic acids is 2. The maximum Gasteiger partial charge on any atom is 0.339 e. The van der Waals surface area contributed by atoms with Crippen molar-refractivity contribution in [3.05, 3.63) is 34.9 Å². The van der Waals surface area contributed by atoms with Gasteiger partial charge in [0.1, 0.15) is 5.92 Å². The molecule has 0 saturated heterocycles. The smallest absolute Gasteiger partial charge is 0.339 e. The van der Waals surface area contributed by atoms with Gasteiger partial charge in [-0.25, -0.2) is 4.79 Å². The molecule has 0 bridgehead atoms. The SMILES string of the molecule is COC(=O)C1=C(C)C(C(=O)OC)C(c2cccc(OC)c2O)N=C1C. The molecule has 1 heterocycles. The zero-order chi connectivity index (χ0) is 18.7. The summed E-state index contributed by atoms with van der Waals surface area (Å²) in [4.78, 5) is 29.0. The number of methoxy groups -OCH3 is 3. The van der Waals surface area contributed by atoms with Crippen LogP contribution < -0.4 is 4.74 Å². The van der Waals surface area contributed by atoms with Gasteiger partial charge in [-0.1, -0.05) is 12.1 Å². The molecule has 134 valence electrons. The first-order valence-electron chi connectivity index (χ1n) is 7.64. The normalized spacial score (nSPS) is 20.0. The van der Waals surface area contributed by atoms with Gasteiger partial charge in [0.15, 0.2) is 11.5 Å². The standard InChI is InChI=1S/C18H21NO6/c1-9-13(17(21)24-4)10(2)19-15(14(9)18(22)25-5)11-7-6-8-12(23-3)16(11)20/h6-8,14-15,20H,1-5H3. The number of hydrogen-bond acceptors (Lipinski definition) is 7. The van der Waals surface area contributed by atoms with Gasteiger partial charge in [0.2, 0.25) is 0 Å². The highest BCUT2D eigenvalue weighted by Crippen LogP contribution is 2.44. The number of carbonyl (C=O) groups is 2. The number of esters is 2.